The van der Waals surface area contributed by atoms with Crippen molar-refractivity contribution >= 4 is 39.1 Å². The third-order valence-electron chi connectivity index (χ3n) is 7.87. The lowest BCUT2D eigenvalue weighted by Crippen LogP contribution is -2.63. The zero-order valence-corrected chi connectivity index (χ0v) is 25.1. The first-order valence-electron chi connectivity index (χ1n) is 13.5. The van der Waals surface area contributed by atoms with E-state index in [0.29, 0.717) is 28.0 Å². The minimum atomic E-state index is -1.64. The van der Waals surface area contributed by atoms with Gasteiger partial charge in [-0.1, -0.05) is 45.6 Å². The first-order valence-corrected chi connectivity index (χ1v) is 14.7. The molecule has 2 aromatic carbocycles. The molecule has 15 heteroatoms. The van der Waals surface area contributed by atoms with Crippen LogP contribution in [0.5, 0.6) is 0 Å². The molecule has 2 heterocycles. The van der Waals surface area contributed by atoms with Gasteiger partial charge in [-0.15, -0.1) is 5.10 Å². The fourth-order valence-corrected chi connectivity index (χ4v) is 6.65. The summed E-state index contributed by atoms with van der Waals surface area (Å²) in [5, 5.41) is 40.5. The molecule has 1 saturated heterocycles. The number of benzene rings is 2. The summed E-state index contributed by atoms with van der Waals surface area (Å²) in [5.41, 5.74) is 0.222. The molecule has 10 nitrogen and oxygen atoms in total. The molecule has 1 aromatic heterocycles. The van der Waals surface area contributed by atoms with E-state index in [9.17, 15) is 33.3 Å². The Morgan fingerprint density at radius 3 is 2.49 bits per heavy atom. The zero-order chi connectivity index (χ0) is 31.0. The number of hydrogen-bond acceptors (Lipinski definition) is 8. The van der Waals surface area contributed by atoms with Crippen LogP contribution < -0.4 is 4.90 Å². The number of hydrogen-bond donors (Lipinski definition) is 3. The van der Waals surface area contributed by atoms with Crippen LogP contribution in [-0.4, -0.2) is 86.5 Å². The SMILES string of the molecule is CO[C@@H]1[C@@H](n2cc(-c3cc(F)c(F)c(F)c3)nn2)[C@@H](O)[C@@H](CO)O[C@H]1C(=O)N(c1cc(Cl)cc(Br)c1)[C@H]1CCCC[C@@H]1O. The zero-order valence-electron chi connectivity index (χ0n) is 22.8. The standard InChI is InChI=1S/C28H29BrClF3N4O6/c1-42-26-24(36-11-19(34-35-36)13-6-17(31)23(33)18(32)7-13)25(40)22(12-38)43-27(26)28(41)37(20-4-2-3-5-21(20)39)16-9-14(29)8-15(30)10-16/h6-11,20-22,24-27,38-40H,2-5,12H2,1H3/t20-,21-,22+,24-,25-,26+,27+/m0/s1. The van der Waals surface area contributed by atoms with Crippen molar-refractivity contribution in [2.45, 2.75) is 68.3 Å². The number of methoxy groups -OCH3 is 1. The van der Waals surface area contributed by atoms with Crippen molar-refractivity contribution in [3.05, 3.63) is 63.5 Å². The van der Waals surface area contributed by atoms with E-state index in [4.69, 9.17) is 21.1 Å². The number of carbonyl (C=O) groups is 1. The number of aliphatic hydroxyl groups is 3. The monoisotopic (exact) mass is 688 g/mol. The average Bonchev–Trinajstić information content (AvgIpc) is 3.45. The fourth-order valence-electron chi connectivity index (χ4n) is 5.81. The van der Waals surface area contributed by atoms with Gasteiger partial charge in [0.1, 0.15) is 30.0 Å². The maximum atomic E-state index is 14.4. The van der Waals surface area contributed by atoms with Crippen molar-refractivity contribution in [1.82, 2.24) is 15.0 Å². The number of amides is 1. The molecule has 2 fully saturated rings. The van der Waals surface area contributed by atoms with Crippen LogP contribution in [0.3, 0.4) is 0 Å². The molecule has 2 aliphatic rings. The summed E-state index contributed by atoms with van der Waals surface area (Å²) >= 11 is 9.73. The van der Waals surface area contributed by atoms with Gasteiger partial charge in [-0.2, -0.15) is 0 Å². The van der Waals surface area contributed by atoms with Gasteiger partial charge >= 0.3 is 0 Å². The second-order valence-corrected chi connectivity index (χ2v) is 11.9. The number of halogens is 5. The van der Waals surface area contributed by atoms with Gasteiger partial charge in [0.15, 0.2) is 23.6 Å². The number of carbonyl (C=O) groups excluding carboxylic acids is 1. The summed E-state index contributed by atoms with van der Waals surface area (Å²) in [4.78, 5) is 15.9. The van der Waals surface area contributed by atoms with Gasteiger partial charge in [0.25, 0.3) is 5.91 Å². The molecule has 7 atom stereocenters. The molecule has 3 N–H and O–H groups in total. The van der Waals surface area contributed by atoms with Crippen LogP contribution in [0.25, 0.3) is 11.3 Å². The summed E-state index contributed by atoms with van der Waals surface area (Å²) < 4.78 is 54.7. The minimum Gasteiger partial charge on any atom is -0.394 e. The molecule has 1 saturated carbocycles. The molecule has 0 unspecified atom stereocenters. The van der Waals surface area contributed by atoms with Gasteiger partial charge in [0.05, 0.1) is 24.9 Å². The highest BCUT2D eigenvalue weighted by molar-refractivity contribution is 9.10. The Hall–Kier alpha value is -2.59. The van der Waals surface area contributed by atoms with E-state index in [1.165, 1.54) is 18.2 Å². The van der Waals surface area contributed by atoms with Crippen LogP contribution in [0.15, 0.2) is 41.0 Å². The number of aromatic nitrogens is 3. The molecule has 0 bridgehead atoms. The smallest absolute Gasteiger partial charge is 0.259 e. The third-order valence-corrected chi connectivity index (χ3v) is 8.54. The van der Waals surface area contributed by atoms with Crippen LogP contribution in [0.1, 0.15) is 31.7 Å². The Bertz CT molecular complexity index is 1440. The molecule has 232 valence electrons. The largest absolute Gasteiger partial charge is 0.394 e. The van der Waals surface area contributed by atoms with Gasteiger partial charge < -0.3 is 29.7 Å². The Kier molecular flexibility index (Phi) is 9.76. The lowest BCUT2D eigenvalue weighted by molar-refractivity contribution is -0.211. The molecule has 43 heavy (non-hydrogen) atoms. The summed E-state index contributed by atoms with van der Waals surface area (Å²) in [7, 11) is 1.30. The summed E-state index contributed by atoms with van der Waals surface area (Å²) in [6.45, 7) is -0.678. The number of rotatable bonds is 7. The Balaban J connectivity index is 1.55. The molecule has 5 rings (SSSR count). The van der Waals surface area contributed by atoms with E-state index in [1.54, 1.807) is 18.2 Å². The van der Waals surface area contributed by atoms with Crippen molar-refractivity contribution in [3.63, 3.8) is 0 Å². The average molecular weight is 690 g/mol. The first-order chi connectivity index (χ1) is 20.5. The van der Waals surface area contributed by atoms with Gasteiger partial charge in [0.2, 0.25) is 0 Å². The van der Waals surface area contributed by atoms with E-state index in [2.05, 4.69) is 26.2 Å². The maximum absolute atomic E-state index is 14.4. The summed E-state index contributed by atoms with van der Waals surface area (Å²) in [5.74, 6) is -5.10. The highest BCUT2D eigenvalue weighted by Crippen LogP contribution is 2.37. The van der Waals surface area contributed by atoms with Crippen molar-refractivity contribution in [1.29, 1.82) is 0 Å². The highest BCUT2D eigenvalue weighted by atomic mass is 79.9. The van der Waals surface area contributed by atoms with Crippen molar-refractivity contribution in [2.75, 3.05) is 18.6 Å². The second-order valence-electron chi connectivity index (χ2n) is 10.6. The lowest BCUT2D eigenvalue weighted by atomic mass is 9.88. The molecule has 1 amide bonds. The first kappa shape index (κ1) is 31.8. The normalized spacial score (nSPS) is 27.7. The lowest BCUT2D eigenvalue weighted by Gasteiger charge is -2.46. The van der Waals surface area contributed by atoms with Gasteiger partial charge in [-0.3, -0.25) is 4.79 Å². The van der Waals surface area contributed by atoms with Gasteiger partial charge in [0, 0.05) is 27.9 Å². The van der Waals surface area contributed by atoms with Crippen molar-refractivity contribution < 1.29 is 42.8 Å². The minimum absolute atomic E-state index is 0.0505. The van der Waals surface area contributed by atoms with Crippen LogP contribution in [0.2, 0.25) is 5.02 Å². The molecule has 0 radical (unpaired) electrons. The van der Waals surface area contributed by atoms with E-state index >= 15 is 0 Å². The predicted molar refractivity (Wildman–Crippen MR) is 152 cm³/mol. The number of aliphatic hydroxyl groups excluding tert-OH is 3. The molecule has 0 spiro atoms. The number of anilines is 1. The van der Waals surface area contributed by atoms with Crippen molar-refractivity contribution in [3.8, 4) is 11.3 Å². The number of ether oxygens (including phenoxy) is 2. The number of nitrogens with zero attached hydrogens (tertiary/aromatic N) is 4. The molecular weight excluding hydrogens is 661 g/mol. The molecule has 1 aliphatic heterocycles. The van der Waals surface area contributed by atoms with Crippen LogP contribution in [0.4, 0.5) is 18.9 Å². The maximum Gasteiger partial charge on any atom is 0.259 e. The predicted octanol–water partition coefficient (Wildman–Crippen LogP) is 3.79. The second kappa shape index (κ2) is 13.2. The quantitative estimate of drug-likeness (QED) is 0.320. The Labute approximate surface area is 258 Å². The highest BCUT2D eigenvalue weighted by Gasteiger charge is 2.52. The van der Waals surface area contributed by atoms with Gasteiger partial charge in [-0.25, -0.2) is 17.9 Å². The summed E-state index contributed by atoms with van der Waals surface area (Å²) in [6.07, 6.45) is -2.45. The van der Waals surface area contributed by atoms with Crippen LogP contribution in [-0.2, 0) is 14.3 Å². The Morgan fingerprint density at radius 1 is 1.16 bits per heavy atom. The van der Waals surface area contributed by atoms with E-state index in [-0.39, 0.29) is 11.3 Å². The Morgan fingerprint density at radius 2 is 1.86 bits per heavy atom. The third kappa shape index (κ3) is 6.32. The van der Waals surface area contributed by atoms with Gasteiger partial charge in [-0.05, 0) is 43.2 Å². The van der Waals surface area contributed by atoms with E-state index < -0.39 is 72.6 Å². The summed E-state index contributed by atoms with van der Waals surface area (Å²) in [6, 6.07) is 4.60. The van der Waals surface area contributed by atoms with E-state index in [1.807, 2.05) is 0 Å². The van der Waals surface area contributed by atoms with Crippen LogP contribution >= 0.6 is 27.5 Å². The van der Waals surface area contributed by atoms with Crippen LogP contribution in [0, 0.1) is 17.5 Å². The molecule has 3 aromatic rings. The molecule has 1 aliphatic carbocycles. The topological polar surface area (TPSA) is 130 Å². The fraction of sp³-hybridized carbons (Fsp3) is 0.464. The van der Waals surface area contributed by atoms with E-state index in [0.717, 1.165) is 29.7 Å². The molecular formula is C28H29BrClF3N4O6. The van der Waals surface area contributed by atoms with Crippen molar-refractivity contribution in [2.24, 2.45) is 0 Å².